The number of halogens is 1. The number of nitrogens with one attached hydrogen (secondary N) is 1. The highest BCUT2D eigenvalue weighted by Crippen LogP contribution is 2.42. The first kappa shape index (κ1) is 29.6. The number of benzene rings is 1. The molecule has 11 heteroatoms. The Bertz CT molecular complexity index is 2120. The molecule has 0 saturated carbocycles. The summed E-state index contributed by atoms with van der Waals surface area (Å²) >= 11 is 0. The minimum Gasteiger partial charge on any atom is -0.486 e. The Balaban J connectivity index is 1.59. The van der Waals surface area contributed by atoms with E-state index in [9.17, 15) is 9.59 Å². The van der Waals surface area contributed by atoms with Gasteiger partial charge in [-0.05, 0) is 62.1 Å². The molecule has 0 aliphatic carbocycles. The van der Waals surface area contributed by atoms with Crippen molar-refractivity contribution in [1.29, 1.82) is 0 Å². The van der Waals surface area contributed by atoms with Crippen LogP contribution >= 0.6 is 0 Å². The van der Waals surface area contributed by atoms with E-state index in [4.69, 9.17) is 9.72 Å². The summed E-state index contributed by atoms with van der Waals surface area (Å²) in [5.74, 6) is -0.563. The van der Waals surface area contributed by atoms with Crippen LogP contribution in [0.1, 0.15) is 49.9 Å². The molecule has 236 valence electrons. The zero-order valence-corrected chi connectivity index (χ0v) is 26.6. The molecule has 2 unspecified atom stereocenters. The molecular weight excluding hydrogens is 585 g/mol. The maximum atomic E-state index is 16.6. The van der Waals surface area contributed by atoms with Crippen molar-refractivity contribution >= 4 is 33.7 Å². The van der Waals surface area contributed by atoms with Gasteiger partial charge in [0.25, 0.3) is 0 Å². The standard InChI is InChI=1S/C35H36FN7O3/c1-7-26(44)41-16-22-11-13-46-33-32(42(22)15-21(41)6)23-14-24(36)29(27-19(4)8-9-25-30(27)39-17-38-25)40-34(23)43(35(33)45)31-20(5)10-12-37-28(31)18(2)3/h7-10,12,14,17-18,21-22H,1,11,13,15-16H2,2-6H3,(H,38,39). The van der Waals surface area contributed by atoms with Gasteiger partial charge in [0.15, 0.2) is 5.65 Å². The van der Waals surface area contributed by atoms with Crippen LogP contribution in [0.5, 0.6) is 5.75 Å². The number of carbonyl (C=O) groups excluding carboxylic acids is 1. The summed E-state index contributed by atoms with van der Waals surface area (Å²) in [7, 11) is 0. The van der Waals surface area contributed by atoms with Crippen LogP contribution < -0.4 is 15.2 Å². The normalized spacial score (nSPS) is 18.0. The zero-order valence-electron chi connectivity index (χ0n) is 26.6. The number of H-pyrrole nitrogens is 1. The maximum Gasteiger partial charge on any atom is 0.301 e. The Morgan fingerprint density at radius 3 is 2.72 bits per heavy atom. The number of nitrogens with zero attached hydrogens (tertiary/aromatic N) is 6. The molecule has 0 spiro atoms. The van der Waals surface area contributed by atoms with Crippen molar-refractivity contribution in [2.75, 3.05) is 24.6 Å². The van der Waals surface area contributed by atoms with Crippen LogP contribution in [0.15, 0.2) is 54.2 Å². The molecular formula is C35H36FN7O3. The van der Waals surface area contributed by atoms with Gasteiger partial charge in [0, 0.05) is 42.7 Å². The largest absolute Gasteiger partial charge is 0.486 e. The van der Waals surface area contributed by atoms with Gasteiger partial charge >= 0.3 is 5.56 Å². The van der Waals surface area contributed by atoms with E-state index in [1.165, 1.54) is 12.1 Å². The topological polar surface area (TPSA) is 109 Å². The molecule has 6 heterocycles. The van der Waals surface area contributed by atoms with Crippen molar-refractivity contribution in [3.8, 4) is 22.7 Å². The maximum absolute atomic E-state index is 16.6. The summed E-state index contributed by atoms with van der Waals surface area (Å²) in [6.07, 6.45) is 5.20. The van der Waals surface area contributed by atoms with Gasteiger partial charge in [-0.2, -0.15) is 0 Å². The molecule has 0 radical (unpaired) electrons. The Hall–Kier alpha value is -5.06. The third-order valence-electron chi connectivity index (χ3n) is 9.28. The van der Waals surface area contributed by atoms with Crippen LogP contribution in [0.2, 0.25) is 0 Å². The fourth-order valence-electron chi connectivity index (χ4n) is 7.02. The van der Waals surface area contributed by atoms with E-state index in [1.807, 2.05) is 52.8 Å². The average Bonchev–Trinajstić information content (AvgIpc) is 3.43. The lowest BCUT2D eigenvalue weighted by Crippen LogP contribution is -2.59. The first-order chi connectivity index (χ1) is 22.1. The molecule has 2 atom stereocenters. The Morgan fingerprint density at radius 2 is 1.96 bits per heavy atom. The van der Waals surface area contributed by atoms with E-state index in [-0.39, 0.29) is 42.0 Å². The van der Waals surface area contributed by atoms with E-state index >= 15 is 4.39 Å². The van der Waals surface area contributed by atoms with Crippen LogP contribution in [-0.4, -0.2) is 67.1 Å². The molecule has 7 rings (SSSR count). The summed E-state index contributed by atoms with van der Waals surface area (Å²) < 4.78 is 24.4. The molecule has 2 aliphatic heterocycles. The van der Waals surface area contributed by atoms with Crippen LogP contribution in [-0.2, 0) is 4.79 Å². The molecule has 46 heavy (non-hydrogen) atoms. The van der Waals surface area contributed by atoms with Crippen molar-refractivity contribution in [2.45, 2.75) is 59.0 Å². The van der Waals surface area contributed by atoms with Crippen molar-refractivity contribution in [2.24, 2.45) is 0 Å². The zero-order chi connectivity index (χ0) is 32.4. The number of aryl methyl sites for hydroxylation is 2. The summed E-state index contributed by atoms with van der Waals surface area (Å²) in [4.78, 5) is 48.7. The molecule has 1 amide bonds. The molecule has 4 aromatic heterocycles. The van der Waals surface area contributed by atoms with Crippen LogP contribution in [0, 0.1) is 19.7 Å². The number of rotatable bonds is 4. The van der Waals surface area contributed by atoms with Gasteiger partial charge in [0.05, 0.1) is 47.1 Å². The van der Waals surface area contributed by atoms with Crippen LogP contribution in [0.4, 0.5) is 10.1 Å². The summed E-state index contributed by atoms with van der Waals surface area (Å²) in [6, 6.07) is 6.79. The number of imidazole rings is 1. The summed E-state index contributed by atoms with van der Waals surface area (Å²) in [5.41, 5.74) is 5.36. The number of anilines is 1. The molecule has 1 saturated heterocycles. The number of amides is 1. The minimum absolute atomic E-state index is 0.0164. The number of aromatic nitrogens is 5. The smallest absolute Gasteiger partial charge is 0.301 e. The van der Waals surface area contributed by atoms with Crippen molar-refractivity contribution in [3.05, 3.63) is 82.4 Å². The molecule has 2 aliphatic rings. The number of piperazine rings is 1. The lowest BCUT2D eigenvalue weighted by Gasteiger charge is -2.45. The lowest BCUT2D eigenvalue weighted by atomic mass is 10.00. The Kier molecular flexibility index (Phi) is 7.14. The Morgan fingerprint density at radius 1 is 1.15 bits per heavy atom. The number of aromatic amines is 1. The fourth-order valence-corrected chi connectivity index (χ4v) is 7.02. The van der Waals surface area contributed by atoms with Gasteiger partial charge in [0.1, 0.15) is 11.5 Å². The van der Waals surface area contributed by atoms with Gasteiger partial charge in [0.2, 0.25) is 11.7 Å². The van der Waals surface area contributed by atoms with E-state index in [0.29, 0.717) is 53.0 Å². The van der Waals surface area contributed by atoms with E-state index in [0.717, 1.165) is 22.3 Å². The van der Waals surface area contributed by atoms with Crippen molar-refractivity contribution in [1.82, 2.24) is 29.4 Å². The number of pyridine rings is 3. The van der Waals surface area contributed by atoms with Crippen LogP contribution in [0.25, 0.3) is 39.0 Å². The molecule has 1 fully saturated rings. The molecule has 10 nitrogen and oxygen atoms in total. The molecule has 1 N–H and O–H groups in total. The van der Waals surface area contributed by atoms with Crippen molar-refractivity contribution in [3.63, 3.8) is 0 Å². The second kappa shape index (κ2) is 11.1. The molecule has 5 aromatic rings. The number of ether oxygens (including phenoxy) is 1. The van der Waals surface area contributed by atoms with Gasteiger partial charge in [-0.15, -0.1) is 0 Å². The predicted molar refractivity (Wildman–Crippen MR) is 176 cm³/mol. The molecule has 0 bridgehead atoms. The van der Waals surface area contributed by atoms with Crippen molar-refractivity contribution < 1.29 is 13.9 Å². The number of hydrogen-bond donors (Lipinski definition) is 1. The quantitative estimate of drug-likeness (QED) is 0.261. The fraction of sp³-hybridized carbons (Fsp3) is 0.343. The SMILES string of the molecule is C=CC(=O)N1CC2CCOc3c(c4cc(F)c(-c5c(C)ccc6[nH]cnc56)nc4n(-c4c(C)ccnc4C(C)C)c3=O)N2CC1C. The average molecular weight is 622 g/mol. The Labute approximate surface area is 265 Å². The van der Waals surface area contributed by atoms with Gasteiger partial charge < -0.3 is 19.5 Å². The highest BCUT2D eigenvalue weighted by atomic mass is 19.1. The first-order valence-corrected chi connectivity index (χ1v) is 15.6. The molecule has 1 aromatic carbocycles. The number of fused-ring (bicyclic) bond motifs is 6. The monoisotopic (exact) mass is 621 g/mol. The second-order valence-electron chi connectivity index (χ2n) is 12.6. The third-order valence-corrected chi connectivity index (χ3v) is 9.28. The number of carbonyl (C=O) groups is 1. The highest BCUT2D eigenvalue weighted by molar-refractivity contribution is 5.99. The van der Waals surface area contributed by atoms with E-state index in [1.54, 1.807) is 22.0 Å². The third kappa shape index (κ3) is 4.47. The van der Waals surface area contributed by atoms with Gasteiger partial charge in [-0.25, -0.2) is 14.4 Å². The summed E-state index contributed by atoms with van der Waals surface area (Å²) in [5, 5.41) is 0.447. The highest BCUT2D eigenvalue weighted by Gasteiger charge is 2.39. The predicted octanol–water partition coefficient (Wildman–Crippen LogP) is 5.58. The second-order valence-corrected chi connectivity index (χ2v) is 12.6. The van der Waals surface area contributed by atoms with E-state index in [2.05, 4.69) is 26.4 Å². The lowest BCUT2D eigenvalue weighted by molar-refractivity contribution is -0.128. The van der Waals surface area contributed by atoms with Crippen LogP contribution in [0.3, 0.4) is 0 Å². The first-order valence-electron chi connectivity index (χ1n) is 15.6. The van der Waals surface area contributed by atoms with Gasteiger partial charge in [-0.1, -0.05) is 26.5 Å². The van der Waals surface area contributed by atoms with Gasteiger partial charge in [-0.3, -0.25) is 19.1 Å². The number of hydrogen-bond acceptors (Lipinski definition) is 7. The minimum atomic E-state index is -0.542. The van der Waals surface area contributed by atoms with E-state index < -0.39 is 11.4 Å². The summed E-state index contributed by atoms with van der Waals surface area (Å²) in [6.45, 7) is 14.6.